The van der Waals surface area contributed by atoms with Crippen LogP contribution in [0.1, 0.15) is 15.9 Å². The second-order valence-corrected chi connectivity index (χ2v) is 4.30. The predicted octanol–water partition coefficient (Wildman–Crippen LogP) is 2.09. The molecule has 0 aliphatic heterocycles. The Balaban J connectivity index is 2.28. The number of anilines is 1. The average Bonchev–Trinajstić information content (AvgIpc) is 2.37. The Bertz CT molecular complexity index is 692. The first-order valence-electron chi connectivity index (χ1n) is 5.71. The van der Waals surface area contributed by atoms with Crippen molar-refractivity contribution in [3.05, 3.63) is 63.8 Å². The Kier molecular flexibility index (Phi) is 3.46. The average molecular weight is 260 g/mol. The summed E-state index contributed by atoms with van der Waals surface area (Å²) in [6.45, 7) is 1.80. The van der Waals surface area contributed by atoms with Gasteiger partial charge in [0, 0.05) is 24.9 Å². The topological polar surface area (TPSA) is 51.1 Å². The predicted molar refractivity (Wildman–Crippen MR) is 70.8 cm³/mol. The second kappa shape index (κ2) is 5.06. The van der Waals surface area contributed by atoms with Crippen molar-refractivity contribution in [1.82, 2.24) is 4.57 Å². The molecule has 0 aliphatic carbocycles. The minimum absolute atomic E-state index is 0.102. The second-order valence-electron chi connectivity index (χ2n) is 4.30. The molecule has 0 radical (unpaired) electrons. The van der Waals surface area contributed by atoms with E-state index in [1.54, 1.807) is 20.0 Å². The summed E-state index contributed by atoms with van der Waals surface area (Å²) in [4.78, 5) is 23.3. The zero-order valence-corrected chi connectivity index (χ0v) is 10.6. The Morgan fingerprint density at radius 2 is 2.00 bits per heavy atom. The SMILES string of the molecule is Cc1ccc(F)c(NC(=O)c2ccn(C)c(=O)c2)c1. The van der Waals surface area contributed by atoms with E-state index in [4.69, 9.17) is 0 Å². The first kappa shape index (κ1) is 13.0. The van der Waals surface area contributed by atoms with Gasteiger partial charge in [0.1, 0.15) is 5.82 Å². The van der Waals surface area contributed by atoms with Crippen LogP contribution in [-0.2, 0) is 7.05 Å². The van der Waals surface area contributed by atoms with Gasteiger partial charge in [0.25, 0.3) is 11.5 Å². The fourth-order valence-corrected chi connectivity index (χ4v) is 1.62. The minimum atomic E-state index is -0.512. The monoisotopic (exact) mass is 260 g/mol. The normalized spacial score (nSPS) is 10.3. The molecule has 5 heteroatoms. The molecule has 0 saturated heterocycles. The Morgan fingerprint density at radius 3 is 2.68 bits per heavy atom. The highest BCUT2D eigenvalue weighted by Gasteiger charge is 2.10. The Hall–Kier alpha value is -2.43. The number of hydrogen-bond acceptors (Lipinski definition) is 2. The molecule has 4 nitrogen and oxygen atoms in total. The molecule has 98 valence electrons. The fraction of sp³-hybridized carbons (Fsp3) is 0.143. The lowest BCUT2D eigenvalue weighted by atomic mass is 10.2. The molecule has 0 spiro atoms. The van der Waals surface area contributed by atoms with Crippen molar-refractivity contribution >= 4 is 11.6 Å². The Morgan fingerprint density at radius 1 is 1.26 bits per heavy atom. The molecule has 0 fully saturated rings. The van der Waals surface area contributed by atoms with Crippen LogP contribution in [0.2, 0.25) is 0 Å². The largest absolute Gasteiger partial charge is 0.319 e. The number of rotatable bonds is 2. The van der Waals surface area contributed by atoms with Gasteiger partial charge in [0.05, 0.1) is 5.69 Å². The summed E-state index contributed by atoms with van der Waals surface area (Å²) < 4.78 is 14.9. The van der Waals surface area contributed by atoms with E-state index in [9.17, 15) is 14.0 Å². The van der Waals surface area contributed by atoms with Crippen LogP contribution in [-0.4, -0.2) is 10.5 Å². The molecular weight excluding hydrogens is 247 g/mol. The van der Waals surface area contributed by atoms with Gasteiger partial charge in [-0.05, 0) is 30.7 Å². The van der Waals surface area contributed by atoms with Crippen molar-refractivity contribution in [1.29, 1.82) is 0 Å². The zero-order valence-electron chi connectivity index (χ0n) is 10.6. The van der Waals surface area contributed by atoms with Gasteiger partial charge in [-0.1, -0.05) is 6.07 Å². The lowest BCUT2D eigenvalue weighted by molar-refractivity contribution is 0.102. The zero-order chi connectivity index (χ0) is 14.0. The molecule has 1 N–H and O–H groups in total. The number of benzene rings is 1. The molecule has 1 amide bonds. The maximum Gasteiger partial charge on any atom is 0.255 e. The highest BCUT2D eigenvalue weighted by atomic mass is 19.1. The van der Waals surface area contributed by atoms with Crippen LogP contribution in [0.5, 0.6) is 0 Å². The van der Waals surface area contributed by atoms with Crippen LogP contribution < -0.4 is 10.9 Å². The number of pyridine rings is 1. The van der Waals surface area contributed by atoms with E-state index in [1.165, 1.54) is 35.0 Å². The summed E-state index contributed by atoms with van der Waals surface area (Å²) in [5.74, 6) is -1.02. The molecule has 0 unspecified atom stereocenters. The molecule has 1 aromatic heterocycles. The quantitative estimate of drug-likeness (QED) is 0.898. The number of aromatic nitrogens is 1. The summed E-state index contributed by atoms with van der Waals surface area (Å²) in [6.07, 6.45) is 1.49. The summed E-state index contributed by atoms with van der Waals surface area (Å²) in [7, 11) is 1.59. The molecule has 0 atom stereocenters. The molecule has 2 rings (SSSR count). The molecule has 1 aromatic carbocycles. The van der Waals surface area contributed by atoms with E-state index in [0.29, 0.717) is 0 Å². The van der Waals surface area contributed by atoms with Crippen LogP contribution in [0.25, 0.3) is 0 Å². The van der Waals surface area contributed by atoms with Gasteiger partial charge in [0.15, 0.2) is 0 Å². The number of nitrogens with one attached hydrogen (secondary N) is 1. The molecule has 0 aliphatic rings. The highest BCUT2D eigenvalue weighted by molar-refractivity contribution is 6.04. The van der Waals surface area contributed by atoms with E-state index < -0.39 is 11.7 Å². The summed E-state index contributed by atoms with van der Waals surface area (Å²) in [6, 6.07) is 7.15. The van der Waals surface area contributed by atoms with Crippen LogP contribution in [0.3, 0.4) is 0 Å². The van der Waals surface area contributed by atoms with Gasteiger partial charge in [-0.25, -0.2) is 4.39 Å². The molecule has 0 saturated carbocycles. The maximum atomic E-state index is 13.5. The van der Waals surface area contributed by atoms with E-state index in [0.717, 1.165) is 5.56 Å². The van der Waals surface area contributed by atoms with Crippen molar-refractivity contribution in [2.24, 2.45) is 7.05 Å². The third kappa shape index (κ3) is 2.88. The van der Waals surface area contributed by atoms with Crippen LogP contribution in [0.15, 0.2) is 41.3 Å². The maximum absolute atomic E-state index is 13.5. The molecule has 2 aromatic rings. The van der Waals surface area contributed by atoms with E-state index in [2.05, 4.69) is 5.32 Å². The first-order valence-corrected chi connectivity index (χ1v) is 5.71. The van der Waals surface area contributed by atoms with Crippen LogP contribution >= 0.6 is 0 Å². The van der Waals surface area contributed by atoms with Crippen molar-refractivity contribution in [3.63, 3.8) is 0 Å². The minimum Gasteiger partial charge on any atom is -0.319 e. The molecule has 1 heterocycles. The number of nitrogens with zero attached hydrogens (tertiary/aromatic N) is 1. The number of carbonyl (C=O) groups is 1. The number of halogens is 1. The summed E-state index contributed by atoms with van der Waals surface area (Å²) in [5.41, 5.74) is 0.840. The molecule has 0 bridgehead atoms. The number of hydrogen-bond donors (Lipinski definition) is 1. The number of aryl methyl sites for hydroxylation is 2. The van der Waals surface area contributed by atoms with Gasteiger partial charge in [0.2, 0.25) is 0 Å². The van der Waals surface area contributed by atoms with E-state index in [1.807, 2.05) is 0 Å². The third-order valence-corrected chi connectivity index (χ3v) is 2.74. The van der Waals surface area contributed by atoms with Crippen molar-refractivity contribution in [2.75, 3.05) is 5.32 Å². The van der Waals surface area contributed by atoms with Gasteiger partial charge in [-0.3, -0.25) is 9.59 Å². The Labute approximate surface area is 109 Å². The summed E-state index contributed by atoms with van der Waals surface area (Å²) >= 11 is 0. The number of amides is 1. The standard InChI is InChI=1S/C14H13FN2O2/c1-9-3-4-11(15)12(7-9)16-14(19)10-5-6-17(2)13(18)8-10/h3-8H,1-2H3,(H,16,19). The van der Waals surface area contributed by atoms with Crippen molar-refractivity contribution < 1.29 is 9.18 Å². The van der Waals surface area contributed by atoms with E-state index >= 15 is 0 Å². The van der Waals surface area contributed by atoms with Gasteiger partial charge < -0.3 is 9.88 Å². The van der Waals surface area contributed by atoms with Gasteiger partial charge in [-0.2, -0.15) is 0 Å². The van der Waals surface area contributed by atoms with Crippen molar-refractivity contribution in [3.8, 4) is 0 Å². The van der Waals surface area contributed by atoms with Gasteiger partial charge >= 0.3 is 0 Å². The first-order chi connectivity index (χ1) is 8.97. The fourth-order valence-electron chi connectivity index (χ4n) is 1.62. The lowest BCUT2D eigenvalue weighted by Gasteiger charge is -2.07. The molecular formula is C14H13FN2O2. The van der Waals surface area contributed by atoms with Crippen LogP contribution in [0, 0.1) is 12.7 Å². The summed E-state index contributed by atoms with van der Waals surface area (Å²) in [5, 5.41) is 2.45. The highest BCUT2D eigenvalue weighted by Crippen LogP contribution is 2.16. The van der Waals surface area contributed by atoms with Crippen molar-refractivity contribution in [2.45, 2.75) is 6.92 Å². The van der Waals surface area contributed by atoms with E-state index in [-0.39, 0.29) is 16.8 Å². The molecule has 19 heavy (non-hydrogen) atoms. The lowest BCUT2D eigenvalue weighted by Crippen LogP contribution is -2.20. The number of carbonyl (C=O) groups excluding carboxylic acids is 1. The van der Waals surface area contributed by atoms with Gasteiger partial charge in [-0.15, -0.1) is 0 Å². The smallest absolute Gasteiger partial charge is 0.255 e. The third-order valence-electron chi connectivity index (χ3n) is 2.74. The van der Waals surface area contributed by atoms with Crippen LogP contribution in [0.4, 0.5) is 10.1 Å².